The fourth-order valence-corrected chi connectivity index (χ4v) is 1.39. The molecule has 0 saturated carbocycles. The predicted molar refractivity (Wildman–Crippen MR) is 59.8 cm³/mol. The van der Waals surface area contributed by atoms with Crippen LogP contribution in [0.5, 0.6) is 0 Å². The Hall–Kier alpha value is -1.16. The Labute approximate surface area is 96.9 Å². The van der Waals surface area contributed by atoms with E-state index in [9.17, 15) is 13.2 Å². The van der Waals surface area contributed by atoms with Crippen molar-refractivity contribution >= 4 is 17.3 Å². The van der Waals surface area contributed by atoms with Gasteiger partial charge in [-0.3, -0.25) is 0 Å². The number of halogens is 4. The number of benzene rings is 1. The average Bonchev–Trinajstić information content (AvgIpc) is 2.19. The van der Waals surface area contributed by atoms with Crippen LogP contribution in [0.25, 0.3) is 0 Å². The third-order valence-electron chi connectivity index (χ3n) is 1.96. The number of rotatable bonds is 4. The maximum absolute atomic E-state index is 12.3. The molecule has 0 aliphatic heterocycles. The van der Waals surface area contributed by atoms with Gasteiger partial charge in [-0.1, -0.05) is 17.7 Å². The van der Waals surface area contributed by atoms with E-state index in [1.807, 2.05) is 0 Å². The first-order valence-electron chi connectivity index (χ1n) is 4.66. The maximum Gasteiger partial charge on any atom is 0.416 e. The van der Waals surface area contributed by atoms with E-state index in [4.69, 9.17) is 11.6 Å². The number of hydrogen-bond acceptors (Lipinski definition) is 1. The molecule has 1 aromatic rings. The van der Waals surface area contributed by atoms with Gasteiger partial charge in [0.15, 0.2) is 0 Å². The van der Waals surface area contributed by atoms with Gasteiger partial charge in [-0.05, 0) is 24.6 Å². The fraction of sp³-hybridized carbons (Fsp3) is 0.273. The van der Waals surface area contributed by atoms with Crippen LogP contribution in [0.1, 0.15) is 12.0 Å². The lowest BCUT2D eigenvalue weighted by Crippen LogP contribution is -2.06. The smallest absolute Gasteiger partial charge is 0.384 e. The zero-order valence-corrected chi connectivity index (χ0v) is 9.20. The third kappa shape index (κ3) is 3.45. The minimum absolute atomic E-state index is 0.0684. The topological polar surface area (TPSA) is 12.0 Å². The summed E-state index contributed by atoms with van der Waals surface area (Å²) < 4.78 is 36.9. The van der Waals surface area contributed by atoms with Crippen LogP contribution < -0.4 is 5.32 Å². The van der Waals surface area contributed by atoms with E-state index in [2.05, 4.69) is 11.9 Å². The lowest BCUT2D eigenvalue weighted by Gasteiger charge is -2.11. The summed E-state index contributed by atoms with van der Waals surface area (Å²) in [6.07, 6.45) is -1.92. The van der Waals surface area contributed by atoms with E-state index < -0.39 is 11.7 Å². The Bertz CT molecular complexity index is 374. The molecule has 0 amide bonds. The van der Waals surface area contributed by atoms with Crippen LogP contribution in [-0.2, 0) is 6.18 Å². The molecule has 1 rings (SSSR count). The van der Waals surface area contributed by atoms with Gasteiger partial charge in [-0.2, -0.15) is 13.2 Å². The molecule has 0 aromatic heterocycles. The Kier molecular flexibility index (Phi) is 4.24. The van der Waals surface area contributed by atoms with Crippen molar-refractivity contribution in [2.24, 2.45) is 0 Å². The van der Waals surface area contributed by atoms with Crippen molar-refractivity contribution in [3.8, 4) is 0 Å². The van der Waals surface area contributed by atoms with Crippen molar-refractivity contribution in [2.45, 2.75) is 12.6 Å². The van der Waals surface area contributed by atoms with Gasteiger partial charge in [0.25, 0.3) is 0 Å². The molecule has 0 unspecified atom stereocenters. The van der Waals surface area contributed by atoms with Gasteiger partial charge in [0.2, 0.25) is 0 Å². The zero-order chi connectivity index (χ0) is 12.2. The summed E-state index contributed by atoms with van der Waals surface area (Å²) >= 11 is 5.73. The van der Waals surface area contributed by atoms with E-state index in [1.165, 1.54) is 6.07 Å². The van der Waals surface area contributed by atoms with Gasteiger partial charge >= 0.3 is 6.18 Å². The monoisotopic (exact) mass is 249 g/mol. The minimum atomic E-state index is -4.36. The summed E-state index contributed by atoms with van der Waals surface area (Å²) in [5.41, 5.74) is -0.247. The van der Waals surface area contributed by atoms with Crippen LogP contribution in [0.15, 0.2) is 30.9 Å². The lowest BCUT2D eigenvalue weighted by atomic mass is 10.2. The Morgan fingerprint density at radius 1 is 1.38 bits per heavy atom. The SMILES string of the molecule is C=CCCNc1ccc(C(F)(F)F)cc1Cl. The molecule has 16 heavy (non-hydrogen) atoms. The average molecular weight is 250 g/mol. The van der Waals surface area contributed by atoms with Crippen LogP contribution >= 0.6 is 11.6 Å². The van der Waals surface area contributed by atoms with Crippen molar-refractivity contribution in [2.75, 3.05) is 11.9 Å². The largest absolute Gasteiger partial charge is 0.416 e. The molecule has 1 N–H and O–H groups in total. The predicted octanol–water partition coefficient (Wildman–Crippen LogP) is 4.35. The molecule has 0 aliphatic carbocycles. The first kappa shape index (κ1) is 12.9. The summed E-state index contributed by atoms with van der Waals surface area (Å²) in [6, 6.07) is 3.24. The Morgan fingerprint density at radius 2 is 2.06 bits per heavy atom. The van der Waals surface area contributed by atoms with Crippen molar-refractivity contribution in [3.05, 3.63) is 41.4 Å². The van der Waals surface area contributed by atoms with Crippen molar-refractivity contribution < 1.29 is 13.2 Å². The second kappa shape index (κ2) is 5.25. The summed E-state index contributed by atoms with van der Waals surface area (Å²) in [5, 5.41) is 2.99. The molecule has 0 bridgehead atoms. The third-order valence-corrected chi connectivity index (χ3v) is 2.27. The number of nitrogens with one attached hydrogen (secondary N) is 1. The fourth-order valence-electron chi connectivity index (χ4n) is 1.14. The summed E-state index contributed by atoms with van der Waals surface area (Å²) in [4.78, 5) is 0. The molecule has 88 valence electrons. The minimum Gasteiger partial charge on any atom is -0.384 e. The van der Waals surface area contributed by atoms with Gasteiger partial charge in [-0.25, -0.2) is 0 Å². The second-order valence-electron chi connectivity index (χ2n) is 3.20. The number of alkyl halides is 3. The van der Waals surface area contributed by atoms with E-state index in [-0.39, 0.29) is 5.02 Å². The number of hydrogen-bond donors (Lipinski definition) is 1. The second-order valence-corrected chi connectivity index (χ2v) is 3.60. The molecule has 0 atom stereocenters. The van der Waals surface area contributed by atoms with Crippen molar-refractivity contribution in [3.63, 3.8) is 0 Å². The van der Waals surface area contributed by atoms with Gasteiger partial charge in [0.05, 0.1) is 16.3 Å². The van der Waals surface area contributed by atoms with Gasteiger partial charge in [-0.15, -0.1) is 6.58 Å². The molecule has 0 aliphatic rings. The number of anilines is 1. The summed E-state index contributed by atoms with van der Waals surface area (Å²) in [6.45, 7) is 4.13. The summed E-state index contributed by atoms with van der Waals surface area (Å²) in [5.74, 6) is 0. The quantitative estimate of drug-likeness (QED) is 0.618. The molecule has 0 saturated heterocycles. The highest BCUT2D eigenvalue weighted by atomic mass is 35.5. The molecule has 1 aromatic carbocycles. The highest BCUT2D eigenvalue weighted by Gasteiger charge is 2.30. The maximum atomic E-state index is 12.3. The van der Waals surface area contributed by atoms with Crippen LogP contribution in [0.3, 0.4) is 0 Å². The van der Waals surface area contributed by atoms with Crippen LogP contribution in [0.4, 0.5) is 18.9 Å². The summed E-state index contributed by atoms with van der Waals surface area (Å²) in [7, 11) is 0. The molecular weight excluding hydrogens is 239 g/mol. The molecule has 5 heteroatoms. The zero-order valence-electron chi connectivity index (χ0n) is 8.44. The van der Waals surface area contributed by atoms with Crippen molar-refractivity contribution in [1.82, 2.24) is 0 Å². The normalized spacial score (nSPS) is 11.2. The van der Waals surface area contributed by atoms with Crippen LogP contribution in [0, 0.1) is 0 Å². The van der Waals surface area contributed by atoms with Gasteiger partial charge < -0.3 is 5.32 Å². The molecule has 0 heterocycles. The van der Waals surface area contributed by atoms with Gasteiger partial charge in [0, 0.05) is 6.54 Å². The highest BCUT2D eigenvalue weighted by Crippen LogP contribution is 2.33. The molecule has 0 fully saturated rings. The van der Waals surface area contributed by atoms with Crippen LogP contribution in [-0.4, -0.2) is 6.54 Å². The Morgan fingerprint density at radius 3 is 2.56 bits per heavy atom. The first-order valence-corrected chi connectivity index (χ1v) is 5.04. The molecule has 1 nitrogen and oxygen atoms in total. The lowest BCUT2D eigenvalue weighted by molar-refractivity contribution is -0.137. The van der Waals surface area contributed by atoms with E-state index in [1.54, 1.807) is 6.08 Å². The highest BCUT2D eigenvalue weighted by molar-refractivity contribution is 6.33. The standard InChI is InChI=1S/C11H11ClF3N/c1-2-3-6-16-10-5-4-8(7-9(10)12)11(13,14)15/h2,4-5,7,16H,1,3,6H2. The first-order chi connectivity index (χ1) is 7.45. The Balaban J connectivity index is 2.79. The van der Waals surface area contributed by atoms with E-state index >= 15 is 0 Å². The molecular formula is C11H11ClF3N. The van der Waals surface area contributed by atoms with E-state index in [0.29, 0.717) is 12.2 Å². The van der Waals surface area contributed by atoms with Crippen molar-refractivity contribution in [1.29, 1.82) is 0 Å². The van der Waals surface area contributed by atoms with E-state index in [0.717, 1.165) is 18.6 Å². The molecule has 0 radical (unpaired) electrons. The van der Waals surface area contributed by atoms with Crippen LogP contribution in [0.2, 0.25) is 5.02 Å². The van der Waals surface area contributed by atoms with Gasteiger partial charge in [0.1, 0.15) is 0 Å². The molecule has 0 spiro atoms.